The van der Waals surface area contributed by atoms with Crippen molar-refractivity contribution in [1.82, 2.24) is 0 Å². The van der Waals surface area contributed by atoms with E-state index in [4.69, 9.17) is 11.5 Å². The summed E-state index contributed by atoms with van der Waals surface area (Å²) >= 11 is 0. The second kappa shape index (κ2) is 5.08. The van der Waals surface area contributed by atoms with Crippen molar-refractivity contribution < 1.29 is 5.11 Å². The Kier molecular flexibility index (Phi) is 3.35. The molecule has 2 aliphatic heterocycles. The molecule has 0 unspecified atom stereocenters. The number of rotatable bonds is 2. The van der Waals surface area contributed by atoms with Gasteiger partial charge in [0.25, 0.3) is 0 Å². The van der Waals surface area contributed by atoms with Gasteiger partial charge in [0.05, 0.1) is 5.69 Å². The van der Waals surface area contributed by atoms with Crippen LogP contribution in [0.4, 0.5) is 11.4 Å². The van der Waals surface area contributed by atoms with Crippen molar-refractivity contribution in [2.24, 2.45) is 21.5 Å². The average molecular weight is 302 g/mol. The van der Waals surface area contributed by atoms with Crippen LogP contribution in [0.2, 0.25) is 0 Å². The van der Waals surface area contributed by atoms with Gasteiger partial charge in [0, 0.05) is 18.8 Å². The van der Waals surface area contributed by atoms with Crippen molar-refractivity contribution in [2.45, 2.75) is 32.4 Å². The highest BCUT2D eigenvalue weighted by Crippen LogP contribution is 2.36. The first kappa shape index (κ1) is 14.5. The largest absolute Gasteiger partial charge is 0.506 e. The zero-order valence-electron chi connectivity index (χ0n) is 13.0. The van der Waals surface area contributed by atoms with Gasteiger partial charge in [-0.05, 0) is 44.9 Å². The molecule has 5 N–H and O–H groups in total. The van der Waals surface area contributed by atoms with Crippen LogP contribution in [0.3, 0.4) is 0 Å². The Bertz CT molecular complexity index is 645. The smallest absolute Gasteiger partial charge is 0.220 e. The zero-order chi connectivity index (χ0) is 15.9. The fourth-order valence-electron chi connectivity index (χ4n) is 3.11. The van der Waals surface area contributed by atoms with Crippen molar-refractivity contribution in [1.29, 1.82) is 0 Å². The third kappa shape index (κ3) is 2.43. The van der Waals surface area contributed by atoms with Crippen molar-refractivity contribution >= 4 is 23.3 Å². The molecule has 1 aromatic rings. The summed E-state index contributed by atoms with van der Waals surface area (Å²) in [4.78, 5) is 12.4. The second-order valence-corrected chi connectivity index (χ2v) is 6.14. The second-order valence-electron chi connectivity index (χ2n) is 6.14. The maximum absolute atomic E-state index is 10.2. The highest BCUT2D eigenvalue weighted by atomic mass is 16.3. The minimum Gasteiger partial charge on any atom is -0.506 e. The Morgan fingerprint density at radius 1 is 1.18 bits per heavy atom. The molecule has 22 heavy (non-hydrogen) atoms. The summed E-state index contributed by atoms with van der Waals surface area (Å²) in [6.07, 6.45) is 2.28. The number of aromatic hydroxyl groups is 1. The van der Waals surface area contributed by atoms with Crippen LogP contribution in [0.25, 0.3) is 0 Å². The maximum atomic E-state index is 10.2. The molecule has 0 spiro atoms. The number of guanidine groups is 2. The van der Waals surface area contributed by atoms with E-state index in [1.807, 2.05) is 30.9 Å². The molecule has 2 heterocycles. The number of phenolic OH excluding ortho intramolecular Hbond substituents is 1. The minimum atomic E-state index is -0.630. The summed E-state index contributed by atoms with van der Waals surface area (Å²) in [5, 5.41) is 10.2. The lowest BCUT2D eigenvalue weighted by molar-refractivity contribution is 0.474. The molecule has 0 aromatic heterocycles. The average Bonchev–Trinajstić information content (AvgIpc) is 2.92. The Morgan fingerprint density at radius 2 is 1.86 bits per heavy atom. The molecule has 7 heteroatoms. The first-order chi connectivity index (χ1) is 10.4. The van der Waals surface area contributed by atoms with E-state index in [2.05, 4.69) is 14.9 Å². The number of benzene rings is 1. The number of phenols is 1. The highest BCUT2D eigenvalue weighted by Gasteiger charge is 2.33. The SMILES string of the molecule is CC1(C)N=C(N)N=C(N)N1c1ccc(O)c(N2CCCC2)c1. The summed E-state index contributed by atoms with van der Waals surface area (Å²) in [7, 11) is 0. The van der Waals surface area contributed by atoms with Crippen LogP contribution in [0.15, 0.2) is 28.2 Å². The molecule has 0 radical (unpaired) electrons. The molecule has 118 valence electrons. The Morgan fingerprint density at radius 3 is 2.50 bits per heavy atom. The maximum Gasteiger partial charge on any atom is 0.220 e. The zero-order valence-corrected chi connectivity index (χ0v) is 13.0. The van der Waals surface area contributed by atoms with E-state index < -0.39 is 5.66 Å². The fourth-order valence-corrected chi connectivity index (χ4v) is 3.11. The van der Waals surface area contributed by atoms with Crippen LogP contribution in [0.1, 0.15) is 26.7 Å². The number of aliphatic imine (C=N–C) groups is 2. The fraction of sp³-hybridized carbons (Fsp3) is 0.467. The van der Waals surface area contributed by atoms with Gasteiger partial charge in [0.1, 0.15) is 11.4 Å². The van der Waals surface area contributed by atoms with Gasteiger partial charge in [-0.25, -0.2) is 4.99 Å². The topological polar surface area (TPSA) is 103 Å². The molecule has 0 aliphatic carbocycles. The third-order valence-electron chi connectivity index (χ3n) is 4.06. The van der Waals surface area contributed by atoms with Gasteiger partial charge in [-0.3, -0.25) is 4.90 Å². The monoisotopic (exact) mass is 302 g/mol. The van der Waals surface area contributed by atoms with Crippen LogP contribution in [-0.4, -0.2) is 35.8 Å². The predicted octanol–water partition coefficient (Wildman–Crippen LogP) is 1.18. The molecule has 7 nitrogen and oxygen atoms in total. The Hall–Kier alpha value is -2.44. The number of hydrogen-bond acceptors (Lipinski definition) is 7. The van der Waals surface area contributed by atoms with Gasteiger partial charge in [-0.2, -0.15) is 4.99 Å². The first-order valence-electron chi connectivity index (χ1n) is 7.46. The molecule has 1 fully saturated rings. The van der Waals surface area contributed by atoms with Gasteiger partial charge in [0.15, 0.2) is 0 Å². The molecule has 2 aliphatic rings. The van der Waals surface area contributed by atoms with Crippen molar-refractivity contribution in [3.05, 3.63) is 18.2 Å². The van der Waals surface area contributed by atoms with E-state index in [1.54, 1.807) is 6.07 Å². The normalized spacial score (nSPS) is 20.8. The quantitative estimate of drug-likeness (QED) is 0.761. The minimum absolute atomic E-state index is 0.178. The molecular weight excluding hydrogens is 280 g/mol. The van der Waals surface area contributed by atoms with Gasteiger partial charge in [-0.1, -0.05) is 0 Å². The van der Waals surface area contributed by atoms with E-state index in [1.165, 1.54) is 0 Å². The van der Waals surface area contributed by atoms with Crippen LogP contribution >= 0.6 is 0 Å². The van der Waals surface area contributed by atoms with Crippen molar-refractivity contribution in [2.75, 3.05) is 22.9 Å². The number of anilines is 2. The van der Waals surface area contributed by atoms with Crippen molar-refractivity contribution in [3.8, 4) is 5.75 Å². The summed E-state index contributed by atoms with van der Waals surface area (Å²) in [5.74, 6) is 0.756. The molecule has 0 saturated carbocycles. The molecule has 1 aromatic carbocycles. The predicted molar refractivity (Wildman–Crippen MR) is 89.4 cm³/mol. The summed E-state index contributed by atoms with van der Waals surface area (Å²) in [6.45, 7) is 5.75. The van der Waals surface area contributed by atoms with Crippen LogP contribution < -0.4 is 21.3 Å². The summed E-state index contributed by atoms with van der Waals surface area (Å²) < 4.78 is 0. The van der Waals surface area contributed by atoms with E-state index in [9.17, 15) is 5.11 Å². The van der Waals surface area contributed by atoms with Crippen LogP contribution in [0.5, 0.6) is 5.75 Å². The third-order valence-corrected chi connectivity index (χ3v) is 4.06. The summed E-state index contributed by atoms with van der Waals surface area (Å²) in [5.41, 5.74) is 12.8. The molecule has 0 amide bonds. The van der Waals surface area contributed by atoms with Gasteiger partial charge < -0.3 is 21.5 Å². The Balaban J connectivity index is 2.01. The number of nitrogens with two attached hydrogens (primary N) is 2. The van der Waals surface area contributed by atoms with E-state index >= 15 is 0 Å². The Labute approximate surface area is 129 Å². The highest BCUT2D eigenvalue weighted by molar-refractivity contribution is 6.05. The number of nitrogens with zero attached hydrogens (tertiary/aromatic N) is 4. The van der Waals surface area contributed by atoms with Gasteiger partial charge >= 0.3 is 0 Å². The van der Waals surface area contributed by atoms with Crippen LogP contribution in [0, 0.1) is 0 Å². The number of hydrogen-bond donors (Lipinski definition) is 3. The van der Waals surface area contributed by atoms with E-state index in [0.29, 0.717) is 5.96 Å². The first-order valence-corrected chi connectivity index (χ1v) is 7.46. The van der Waals surface area contributed by atoms with Crippen LogP contribution in [-0.2, 0) is 0 Å². The molecule has 3 rings (SSSR count). The summed E-state index contributed by atoms with van der Waals surface area (Å²) in [6, 6.07) is 5.44. The standard InChI is InChI=1S/C15H22N6O/c1-15(2)19-13(16)18-14(17)21(15)10-5-6-12(22)11(9-10)20-7-3-4-8-20/h5-6,9,22H,3-4,7-8H2,1-2H3,(H4,16,17,18,19). The molecule has 1 saturated heterocycles. The van der Waals surface area contributed by atoms with Gasteiger partial charge in [0.2, 0.25) is 11.9 Å². The van der Waals surface area contributed by atoms with Gasteiger partial charge in [-0.15, -0.1) is 0 Å². The van der Waals surface area contributed by atoms with E-state index in [-0.39, 0.29) is 11.7 Å². The lowest BCUT2D eigenvalue weighted by Crippen LogP contribution is -2.54. The van der Waals surface area contributed by atoms with E-state index in [0.717, 1.165) is 37.3 Å². The van der Waals surface area contributed by atoms with Crippen molar-refractivity contribution in [3.63, 3.8) is 0 Å². The molecule has 0 atom stereocenters. The molecular formula is C15H22N6O. The lowest BCUT2D eigenvalue weighted by Gasteiger charge is -2.38. The lowest BCUT2D eigenvalue weighted by atomic mass is 10.1. The molecule has 0 bridgehead atoms.